The number of carbonyl (C=O) groups is 2. The molecule has 2 heterocycles. The predicted octanol–water partition coefficient (Wildman–Crippen LogP) is 2.82. The Balaban J connectivity index is 1.40. The Hall–Kier alpha value is -2.76. The molecule has 134 valence electrons. The van der Waals surface area contributed by atoms with Gasteiger partial charge in [0.15, 0.2) is 0 Å². The maximum absolute atomic E-state index is 13.3. The van der Waals surface area contributed by atoms with E-state index in [0.29, 0.717) is 26.1 Å². The summed E-state index contributed by atoms with van der Waals surface area (Å²) < 4.78 is 26.4. The Morgan fingerprint density at radius 2 is 1.69 bits per heavy atom. The molecule has 2 amide bonds. The third-order valence-corrected chi connectivity index (χ3v) is 5.14. The third kappa shape index (κ3) is 3.07. The number of fused-ring (bicyclic) bond motifs is 1. The molecule has 2 aromatic carbocycles. The fraction of sp³-hybridized carbons (Fsp3) is 0.300. The van der Waals surface area contributed by atoms with E-state index in [1.165, 1.54) is 24.3 Å². The van der Waals surface area contributed by atoms with Crippen LogP contribution in [0.2, 0.25) is 0 Å². The van der Waals surface area contributed by atoms with Crippen LogP contribution in [0, 0.1) is 11.6 Å². The summed E-state index contributed by atoms with van der Waals surface area (Å²) in [5.41, 5.74) is 2.53. The number of likely N-dealkylation sites (tertiary alicyclic amines) is 1. The lowest BCUT2D eigenvalue weighted by Crippen LogP contribution is -2.39. The summed E-state index contributed by atoms with van der Waals surface area (Å²) in [4.78, 5) is 28.4. The van der Waals surface area contributed by atoms with Crippen molar-refractivity contribution >= 4 is 11.8 Å². The summed E-state index contributed by atoms with van der Waals surface area (Å²) in [6.07, 6.45) is 0.614. The van der Waals surface area contributed by atoms with Gasteiger partial charge in [-0.3, -0.25) is 9.59 Å². The van der Waals surface area contributed by atoms with E-state index < -0.39 is 0 Å². The molecule has 4 nitrogen and oxygen atoms in total. The normalized spacial score (nSPS) is 19.2. The second kappa shape index (κ2) is 6.52. The van der Waals surface area contributed by atoms with Gasteiger partial charge >= 0.3 is 0 Å². The molecule has 0 radical (unpaired) electrons. The van der Waals surface area contributed by atoms with Gasteiger partial charge in [-0.05, 0) is 47.4 Å². The number of amides is 2. The number of hydrogen-bond acceptors (Lipinski definition) is 2. The smallest absolute Gasteiger partial charge is 0.242 e. The molecule has 0 N–H and O–H groups in total. The van der Waals surface area contributed by atoms with Crippen LogP contribution in [0.15, 0.2) is 42.5 Å². The van der Waals surface area contributed by atoms with E-state index in [0.717, 1.165) is 16.7 Å². The van der Waals surface area contributed by atoms with E-state index in [2.05, 4.69) is 0 Å². The Labute approximate surface area is 150 Å². The molecule has 4 rings (SSSR count). The third-order valence-electron chi connectivity index (χ3n) is 5.14. The van der Waals surface area contributed by atoms with Crippen LogP contribution in [0.1, 0.15) is 29.0 Å². The fourth-order valence-corrected chi connectivity index (χ4v) is 3.70. The molecule has 2 aliphatic heterocycles. The minimum atomic E-state index is -0.337. The van der Waals surface area contributed by atoms with Crippen LogP contribution in [0.3, 0.4) is 0 Å². The van der Waals surface area contributed by atoms with Crippen molar-refractivity contribution in [3.8, 4) is 0 Å². The van der Waals surface area contributed by atoms with Crippen LogP contribution in [0.4, 0.5) is 8.78 Å². The topological polar surface area (TPSA) is 40.6 Å². The van der Waals surface area contributed by atoms with Gasteiger partial charge in [0.2, 0.25) is 11.8 Å². The van der Waals surface area contributed by atoms with Crippen molar-refractivity contribution in [3.05, 3.63) is 70.8 Å². The lowest BCUT2D eigenvalue weighted by molar-refractivity contribution is -0.139. The van der Waals surface area contributed by atoms with E-state index in [1.54, 1.807) is 28.0 Å². The van der Waals surface area contributed by atoms with Crippen molar-refractivity contribution in [2.24, 2.45) is 0 Å². The fourth-order valence-electron chi connectivity index (χ4n) is 3.70. The Bertz CT molecular complexity index is 867. The van der Waals surface area contributed by atoms with Gasteiger partial charge in [-0.1, -0.05) is 18.2 Å². The van der Waals surface area contributed by atoms with Crippen molar-refractivity contribution in [1.82, 2.24) is 9.80 Å². The summed E-state index contributed by atoms with van der Waals surface area (Å²) in [7, 11) is 0. The molecule has 0 aromatic heterocycles. The van der Waals surface area contributed by atoms with Gasteiger partial charge in [-0.15, -0.1) is 0 Å². The van der Waals surface area contributed by atoms with Crippen molar-refractivity contribution in [2.75, 3.05) is 13.1 Å². The zero-order valence-electron chi connectivity index (χ0n) is 14.1. The maximum Gasteiger partial charge on any atom is 0.242 e. The Kier molecular flexibility index (Phi) is 4.18. The monoisotopic (exact) mass is 356 g/mol. The number of benzene rings is 2. The zero-order valence-corrected chi connectivity index (χ0v) is 14.1. The molecular weight excluding hydrogens is 338 g/mol. The molecule has 1 atom stereocenters. The second-order valence-corrected chi connectivity index (χ2v) is 6.82. The average Bonchev–Trinajstić information content (AvgIpc) is 3.20. The Morgan fingerprint density at radius 1 is 1.00 bits per heavy atom. The minimum Gasteiger partial charge on any atom is -0.333 e. The van der Waals surface area contributed by atoms with Crippen molar-refractivity contribution < 1.29 is 18.4 Å². The second-order valence-electron chi connectivity index (χ2n) is 6.82. The highest BCUT2D eigenvalue weighted by Crippen LogP contribution is 2.29. The molecule has 2 aromatic rings. The Morgan fingerprint density at radius 3 is 2.46 bits per heavy atom. The molecule has 1 unspecified atom stereocenters. The van der Waals surface area contributed by atoms with Crippen molar-refractivity contribution in [2.45, 2.75) is 25.4 Å². The van der Waals surface area contributed by atoms with Gasteiger partial charge in [0, 0.05) is 19.6 Å². The molecule has 0 spiro atoms. The number of carbonyl (C=O) groups excluding carboxylic acids is 2. The van der Waals surface area contributed by atoms with E-state index in [1.807, 2.05) is 0 Å². The highest BCUT2D eigenvalue weighted by atomic mass is 19.1. The lowest BCUT2D eigenvalue weighted by Gasteiger charge is -2.21. The van der Waals surface area contributed by atoms with Crippen LogP contribution in [-0.4, -0.2) is 34.7 Å². The molecular formula is C20H18F2N2O2. The summed E-state index contributed by atoms with van der Waals surface area (Å²) in [5.74, 6) is -1.22. The molecule has 1 saturated heterocycles. The summed E-state index contributed by atoms with van der Waals surface area (Å²) >= 11 is 0. The summed E-state index contributed by atoms with van der Waals surface area (Å²) in [5, 5.41) is 0. The van der Waals surface area contributed by atoms with Gasteiger partial charge in [0.05, 0.1) is 12.5 Å². The highest BCUT2D eigenvalue weighted by Gasteiger charge is 2.35. The average molecular weight is 356 g/mol. The standard InChI is InChI=1S/C20H18F2N2O2/c21-16-4-1-13(2-5-16)18-7-8-23(20(18)26)12-19(25)24-10-14-3-6-17(22)9-15(14)11-24/h1-6,9,18H,7-8,10-12H2. The number of hydrogen-bond donors (Lipinski definition) is 0. The first-order chi connectivity index (χ1) is 12.5. The molecule has 2 aliphatic rings. The molecule has 0 aliphatic carbocycles. The molecule has 1 fully saturated rings. The molecule has 0 bridgehead atoms. The van der Waals surface area contributed by atoms with E-state index >= 15 is 0 Å². The SMILES string of the molecule is O=C(CN1CCC(c2ccc(F)cc2)C1=O)N1Cc2ccc(F)cc2C1. The first kappa shape index (κ1) is 16.7. The van der Waals surface area contributed by atoms with Gasteiger partial charge in [0.25, 0.3) is 0 Å². The summed E-state index contributed by atoms with van der Waals surface area (Å²) in [6, 6.07) is 10.5. The van der Waals surface area contributed by atoms with Gasteiger partial charge in [-0.2, -0.15) is 0 Å². The van der Waals surface area contributed by atoms with Gasteiger partial charge in [0.1, 0.15) is 11.6 Å². The summed E-state index contributed by atoms with van der Waals surface area (Å²) in [6.45, 7) is 1.34. The van der Waals surface area contributed by atoms with Gasteiger partial charge in [-0.25, -0.2) is 8.78 Å². The first-order valence-electron chi connectivity index (χ1n) is 8.60. The predicted molar refractivity (Wildman–Crippen MR) is 91.0 cm³/mol. The van der Waals surface area contributed by atoms with Crippen LogP contribution in [0.25, 0.3) is 0 Å². The number of nitrogens with zero attached hydrogens (tertiary/aromatic N) is 2. The van der Waals surface area contributed by atoms with E-state index in [-0.39, 0.29) is 35.9 Å². The molecule has 26 heavy (non-hydrogen) atoms. The van der Waals surface area contributed by atoms with Crippen LogP contribution < -0.4 is 0 Å². The minimum absolute atomic E-state index is 0.0208. The van der Waals surface area contributed by atoms with Crippen LogP contribution in [-0.2, 0) is 22.7 Å². The molecule has 0 saturated carbocycles. The first-order valence-corrected chi connectivity index (χ1v) is 8.60. The number of halogens is 2. The number of rotatable bonds is 3. The van der Waals surface area contributed by atoms with E-state index in [4.69, 9.17) is 0 Å². The van der Waals surface area contributed by atoms with Gasteiger partial charge < -0.3 is 9.80 Å². The highest BCUT2D eigenvalue weighted by molar-refractivity contribution is 5.90. The van der Waals surface area contributed by atoms with Crippen molar-refractivity contribution in [1.29, 1.82) is 0 Å². The van der Waals surface area contributed by atoms with Crippen LogP contribution >= 0.6 is 0 Å². The van der Waals surface area contributed by atoms with Crippen LogP contribution in [0.5, 0.6) is 0 Å². The molecule has 6 heteroatoms. The van der Waals surface area contributed by atoms with Crippen molar-refractivity contribution in [3.63, 3.8) is 0 Å². The quantitative estimate of drug-likeness (QED) is 0.849. The maximum atomic E-state index is 13.3. The largest absolute Gasteiger partial charge is 0.333 e. The van der Waals surface area contributed by atoms with E-state index in [9.17, 15) is 18.4 Å². The lowest BCUT2D eigenvalue weighted by atomic mass is 9.98. The zero-order chi connectivity index (χ0) is 18.3.